The minimum Gasteiger partial charge on any atom is -0.462 e. The highest BCUT2D eigenvalue weighted by molar-refractivity contribution is 5.72. The lowest BCUT2D eigenvalue weighted by molar-refractivity contribution is -0.166. The third-order valence-electron chi connectivity index (χ3n) is 13.4. The van der Waals surface area contributed by atoms with Crippen LogP contribution in [-0.4, -0.2) is 23.6 Å². The SMILES string of the molecule is CCC(C)C(=O)OC1CCC2(C)C(CCC3C2CCC2(C)C(C(C)CCC(=O)OC(C)(C)C4CC4)CCC32)C1. The van der Waals surface area contributed by atoms with Gasteiger partial charge in [-0.25, -0.2) is 0 Å². The van der Waals surface area contributed by atoms with Gasteiger partial charge in [0, 0.05) is 6.42 Å². The molecular formula is C35H58O4. The van der Waals surface area contributed by atoms with Gasteiger partial charge in [-0.3, -0.25) is 9.59 Å². The number of carbonyl (C=O) groups is 2. The predicted octanol–water partition coefficient (Wildman–Crippen LogP) is 8.75. The van der Waals surface area contributed by atoms with Crippen molar-refractivity contribution in [3.05, 3.63) is 0 Å². The molecule has 4 heteroatoms. The van der Waals surface area contributed by atoms with Gasteiger partial charge in [0.2, 0.25) is 0 Å². The van der Waals surface area contributed by atoms with E-state index >= 15 is 0 Å². The number of carbonyl (C=O) groups excluding carboxylic acids is 2. The van der Waals surface area contributed by atoms with Crippen LogP contribution in [0.1, 0.15) is 138 Å². The van der Waals surface area contributed by atoms with Gasteiger partial charge in [0.05, 0.1) is 5.92 Å². The van der Waals surface area contributed by atoms with Gasteiger partial charge >= 0.3 is 11.9 Å². The highest BCUT2D eigenvalue weighted by Gasteiger charge is 2.60. The maximum Gasteiger partial charge on any atom is 0.308 e. The molecule has 0 aromatic carbocycles. The van der Waals surface area contributed by atoms with E-state index in [0.29, 0.717) is 35.0 Å². The van der Waals surface area contributed by atoms with Crippen molar-refractivity contribution in [2.24, 2.45) is 58.2 Å². The highest BCUT2D eigenvalue weighted by Crippen LogP contribution is 2.68. The maximum atomic E-state index is 12.7. The predicted molar refractivity (Wildman–Crippen MR) is 156 cm³/mol. The van der Waals surface area contributed by atoms with Crippen molar-refractivity contribution in [2.45, 2.75) is 150 Å². The zero-order chi connectivity index (χ0) is 28.2. The molecule has 222 valence electrons. The molecule has 10 atom stereocenters. The zero-order valence-corrected chi connectivity index (χ0v) is 26.2. The van der Waals surface area contributed by atoms with Gasteiger partial charge in [-0.2, -0.15) is 0 Å². The molecule has 5 saturated carbocycles. The van der Waals surface area contributed by atoms with Crippen molar-refractivity contribution in [1.29, 1.82) is 0 Å². The Balaban J connectivity index is 1.18. The minimum absolute atomic E-state index is 0.0128. The van der Waals surface area contributed by atoms with Crippen molar-refractivity contribution in [3.8, 4) is 0 Å². The van der Waals surface area contributed by atoms with Gasteiger partial charge in [-0.05, 0) is 150 Å². The Kier molecular flexibility index (Phi) is 8.28. The summed E-state index contributed by atoms with van der Waals surface area (Å²) in [7, 11) is 0. The minimum atomic E-state index is -0.285. The van der Waals surface area contributed by atoms with E-state index in [1.165, 1.54) is 57.8 Å². The molecule has 4 nitrogen and oxygen atoms in total. The first-order chi connectivity index (χ1) is 18.4. The van der Waals surface area contributed by atoms with Crippen molar-refractivity contribution >= 4 is 11.9 Å². The van der Waals surface area contributed by atoms with Gasteiger partial charge in [0.15, 0.2) is 0 Å². The number of esters is 2. The van der Waals surface area contributed by atoms with Crippen LogP contribution < -0.4 is 0 Å². The lowest BCUT2D eigenvalue weighted by Gasteiger charge is -2.61. The van der Waals surface area contributed by atoms with Gasteiger partial charge in [0.25, 0.3) is 0 Å². The molecule has 0 N–H and O–H groups in total. The van der Waals surface area contributed by atoms with Crippen LogP contribution in [0.5, 0.6) is 0 Å². The normalized spacial score (nSPS) is 41.5. The summed E-state index contributed by atoms with van der Waals surface area (Å²) in [5.41, 5.74) is 0.544. The molecule has 0 aromatic heterocycles. The topological polar surface area (TPSA) is 52.6 Å². The number of rotatable bonds is 9. The fourth-order valence-electron chi connectivity index (χ4n) is 10.5. The Morgan fingerprint density at radius 3 is 2.28 bits per heavy atom. The monoisotopic (exact) mass is 542 g/mol. The molecule has 0 amide bonds. The van der Waals surface area contributed by atoms with Gasteiger partial charge in [-0.1, -0.05) is 34.6 Å². The molecule has 0 bridgehead atoms. The standard InChI is InChI=1S/C35H58O4/c1-8-22(2)32(37)38-26-17-19-34(6)25(21-26)12-13-27-29-15-14-28(35(29,7)20-18-30(27)34)23(3)9-16-31(36)39-33(4,5)24-10-11-24/h22-30H,8-21H2,1-7H3. The van der Waals surface area contributed by atoms with Crippen LogP contribution >= 0.6 is 0 Å². The summed E-state index contributed by atoms with van der Waals surface area (Å²) in [5.74, 6) is 5.14. The van der Waals surface area contributed by atoms with Crippen LogP contribution in [0.3, 0.4) is 0 Å². The average molecular weight is 543 g/mol. The molecule has 5 fully saturated rings. The molecule has 10 unspecified atom stereocenters. The molecule has 5 rings (SSSR count). The number of hydrogen-bond acceptors (Lipinski definition) is 4. The van der Waals surface area contributed by atoms with Crippen molar-refractivity contribution in [2.75, 3.05) is 0 Å². The van der Waals surface area contributed by atoms with Crippen molar-refractivity contribution in [3.63, 3.8) is 0 Å². The van der Waals surface area contributed by atoms with E-state index < -0.39 is 0 Å². The van der Waals surface area contributed by atoms with E-state index in [-0.39, 0.29) is 29.6 Å². The second-order valence-corrected chi connectivity index (χ2v) is 15.9. The zero-order valence-electron chi connectivity index (χ0n) is 26.2. The number of hydrogen-bond donors (Lipinski definition) is 0. The fraction of sp³-hybridized carbons (Fsp3) is 0.943. The van der Waals surface area contributed by atoms with Crippen molar-refractivity contribution < 1.29 is 19.1 Å². The van der Waals surface area contributed by atoms with E-state index in [2.05, 4.69) is 41.5 Å². The van der Waals surface area contributed by atoms with E-state index in [0.717, 1.165) is 49.4 Å². The Bertz CT molecular complexity index is 906. The first-order valence-corrected chi connectivity index (χ1v) is 16.8. The summed E-state index contributed by atoms with van der Waals surface area (Å²) < 4.78 is 11.9. The van der Waals surface area contributed by atoms with E-state index in [1.54, 1.807) is 0 Å². The molecule has 0 aliphatic heterocycles. The first-order valence-electron chi connectivity index (χ1n) is 16.8. The quantitative estimate of drug-likeness (QED) is 0.273. The first kappa shape index (κ1) is 29.4. The van der Waals surface area contributed by atoms with Crippen LogP contribution in [0.25, 0.3) is 0 Å². The number of fused-ring (bicyclic) bond motifs is 5. The molecule has 0 spiro atoms. The van der Waals surface area contributed by atoms with Gasteiger partial charge < -0.3 is 9.47 Å². The average Bonchev–Trinajstić information content (AvgIpc) is 3.69. The molecule has 0 aromatic rings. The number of ether oxygens (including phenoxy) is 2. The van der Waals surface area contributed by atoms with Gasteiger partial charge in [-0.15, -0.1) is 0 Å². The Hall–Kier alpha value is -1.06. The van der Waals surface area contributed by atoms with E-state index in [1.807, 2.05) is 6.92 Å². The molecule has 39 heavy (non-hydrogen) atoms. The van der Waals surface area contributed by atoms with Crippen LogP contribution in [0, 0.1) is 58.2 Å². The molecule has 5 aliphatic carbocycles. The summed E-state index contributed by atoms with van der Waals surface area (Å²) in [6.45, 7) is 15.9. The Morgan fingerprint density at radius 1 is 0.897 bits per heavy atom. The third-order valence-corrected chi connectivity index (χ3v) is 13.4. The van der Waals surface area contributed by atoms with Crippen LogP contribution in [0.15, 0.2) is 0 Å². The maximum absolute atomic E-state index is 12.7. The largest absolute Gasteiger partial charge is 0.462 e. The van der Waals surface area contributed by atoms with Crippen LogP contribution in [0.2, 0.25) is 0 Å². The summed E-state index contributed by atoms with van der Waals surface area (Å²) in [6.07, 6.45) is 16.4. The summed E-state index contributed by atoms with van der Waals surface area (Å²) >= 11 is 0. The highest BCUT2D eigenvalue weighted by atomic mass is 16.6. The third kappa shape index (κ3) is 5.57. The molecule has 0 radical (unpaired) electrons. The Morgan fingerprint density at radius 2 is 1.59 bits per heavy atom. The van der Waals surface area contributed by atoms with Crippen molar-refractivity contribution in [1.82, 2.24) is 0 Å². The fourth-order valence-corrected chi connectivity index (χ4v) is 10.5. The molecule has 5 aliphatic rings. The van der Waals surface area contributed by atoms with Gasteiger partial charge in [0.1, 0.15) is 11.7 Å². The van der Waals surface area contributed by atoms with Crippen LogP contribution in [0.4, 0.5) is 0 Å². The second-order valence-electron chi connectivity index (χ2n) is 15.9. The molecule has 0 heterocycles. The summed E-state index contributed by atoms with van der Waals surface area (Å²) in [6, 6.07) is 0. The molecule has 0 saturated heterocycles. The summed E-state index contributed by atoms with van der Waals surface area (Å²) in [4.78, 5) is 25.2. The lowest BCUT2D eigenvalue weighted by Crippen LogP contribution is -2.54. The molecular weight excluding hydrogens is 484 g/mol. The lowest BCUT2D eigenvalue weighted by atomic mass is 9.44. The summed E-state index contributed by atoms with van der Waals surface area (Å²) in [5, 5.41) is 0. The second kappa shape index (κ2) is 11.0. The van der Waals surface area contributed by atoms with E-state index in [4.69, 9.17) is 9.47 Å². The smallest absolute Gasteiger partial charge is 0.308 e. The van der Waals surface area contributed by atoms with Crippen LogP contribution in [-0.2, 0) is 19.1 Å². The van der Waals surface area contributed by atoms with E-state index in [9.17, 15) is 9.59 Å². The Labute approximate surface area is 239 Å².